The Morgan fingerprint density at radius 2 is 1.38 bits per heavy atom. The topological polar surface area (TPSA) is 3.24 Å². The maximum absolute atomic E-state index is 3.10. The molecule has 0 fully saturated rings. The first-order valence-electron chi connectivity index (χ1n) is 9.87. The van der Waals surface area contributed by atoms with Crippen molar-refractivity contribution in [1.82, 2.24) is 0 Å². The number of hydrogen-bond donors (Lipinski definition) is 0. The van der Waals surface area contributed by atoms with Crippen LogP contribution in [-0.4, -0.2) is 0 Å². The molecule has 0 saturated carbocycles. The minimum absolute atomic E-state index is 0.958. The summed E-state index contributed by atoms with van der Waals surface area (Å²) < 4.78 is 0. The van der Waals surface area contributed by atoms with Crippen LogP contribution in [0.5, 0.6) is 0 Å². The third-order valence-electron chi connectivity index (χ3n) is 4.85. The Kier molecular flexibility index (Phi) is 5.74. The van der Waals surface area contributed by atoms with E-state index in [0.717, 1.165) is 29.1 Å². The minimum Gasteiger partial charge on any atom is -0.311 e. The maximum Gasteiger partial charge on any atom is 0.0462 e. The Morgan fingerprint density at radius 3 is 2.07 bits per heavy atom. The van der Waals surface area contributed by atoms with Crippen LogP contribution in [0.3, 0.4) is 0 Å². The number of allylic oxidation sites excluding steroid dienone is 5. The van der Waals surface area contributed by atoms with Crippen molar-refractivity contribution in [3.63, 3.8) is 0 Å². The second kappa shape index (κ2) is 8.95. The molecule has 0 aliphatic heterocycles. The molecular weight excluding hydrogens is 350 g/mol. The smallest absolute Gasteiger partial charge is 0.0462 e. The molecular formula is C28H23N. The molecule has 1 heteroatoms. The van der Waals surface area contributed by atoms with Gasteiger partial charge in [0.15, 0.2) is 0 Å². The molecule has 0 heterocycles. The van der Waals surface area contributed by atoms with Crippen molar-refractivity contribution in [2.24, 2.45) is 0 Å². The van der Waals surface area contributed by atoms with E-state index in [0.29, 0.717) is 0 Å². The van der Waals surface area contributed by atoms with Gasteiger partial charge < -0.3 is 4.90 Å². The van der Waals surface area contributed by atoms with Crippen LogP contribution in [0.2, 0.25) is 0 Å². The highest BCUT2D eigenvalue weighted by atomic mass is 15.1. The van der Waals surface area contributed by atoms with Gasteiger partial charge in [-0.05, 0) is 73.0 Å². The molecule has 3 aromatic carbocycles. The van der Waals surface area contributed by atoms with Crippen LogP contribution in [0.25, 0.3) is 11.1 Å². The number of rotatable bonds is 4. The fraction of sp³-hybridized carbons (Fsp3) is 0.0714. The van der Waals surface area contributed by atoms with Crippen molar-refractivity contribution >= 4 is 11.4 Å². The van der Waals surface area contributed by atoms with E-state index in [9.17, 15) is 0 Å². The third-order valence-corrected chi connectivity index (χ3v) is 4.85. The van der Waals surface area contributed by atoms with Crippen LogP contribution >= 0.6 is 0 Å². The second-order valence-electron chi connectivity index (χ2n) is 6.83. The van der Waals surface area contributed by atoms with E-state index < -0.39 is 0 Å². The summed E-state index contributed by atoms with van der Waals surface area (Å²) in [4.78, 5) is 2.29. The lowest BCUT2D eigenvalue weighted by molar-refractivity contribution is 1.21. The predicted octanol–water partition coefficient (Wildman–Crippen LogP) is 7.26. The lowest BCUT2D eigenvalue weighted by atomic mass is 10.0. The molecule has 1 aliphatic carbocycles. The van der Waals surface area contributed by atoms with Crippen molar-refractivity contribution in [2.45, 2.75) is 13.3 Å². The first-order chi connectivity index (χ1) is 14.3. The van der Waals surface area contributed by atoms with Gasteiger partial charge in [0.1, 0.15) is 0 Å². The van der Waals surface area contributed by atoms with Crippen molar-refractivity contribution in [2.75, 3.05) is 4.90 Å². The van der Waals surface area contributed by atoms with E-state index in [1.54, 1.807) is 0 Å². The highest BCUT2D eigenvalue weighted by Gasteiger charge is 2.13. The lowest BCUT2D eigenvalue weighted by Crippen LogP contribution is -2.14. The van der Waals surface area contributed by atoms with Crippen molar-refractivity contribution in [1.29, 1.82) is 0 Å². The summed E-state index contributed by atoms with van der Waals surface area (Å²) in [6.45, 7) is 1.86. The number of hydrogen-bond acceptors (Lipinski definition) is 1. The van der Waals surface area contributed by atoms with Crippen molar-refractivity contribution in [3.05, 3.63) is 121 Å². The summed E-state index contributed by atoms with van der Waals surface area (Å²) in [6.07, 6.45) is 11.8. The van der Waals surface area contributed by atoms with Crippen LogP contribution in [0.15, 0.2) is 115 Å². The summed E-state index contributed by atoms with van der Waals surface area (Å²) in [5.41, 5.74) is 6.88. The summed E-state index contributed by atoms with van der Waals surface area (Å²) in [6, 6.07) is 27.6. The maximum atomic E-state index is 3.10. The summed E-state index contributed by atoms with van der Waals surface area (Å²) in [5, 5.41) is 0. The van der Waals surface area contributed by atoms with Gasteiger partial charge in [-0.25, -0.2) is 0 Å². The van der Waals surface area contributed by atoms with Crippen LogP contribution in [0, 0.1) is 11.8 Å². The average Bonchev–Trinajstić information content (AvgIpc) is 3.06. The molecule has 0 radical (unpaired) electrons. The Bertz CT molecular complexity index is 1100. The first kappa shape index (κ1) is 18.6. The summed E-state index contributed by atoms with van der Waals surface area (Å²) >= 11 is 0. The highest BCUT2D eigenvalue weighted by Crippen LogP contribution is 2.32. The van der Waals surface area contributed by atoms with E-state index in [1.807, 2.05) is 6.92 Å². The molecule has 0 bridgehead atoms. The third kappa shape index (κ3) is 4.39. The van der Waals surface area contributed by atoms with Crippen LogP contribution in [0.1, 0.15) is 18.9 Å². The summed E-state index contributed by atoms with van der Waals surface area (Å²) in [7, 11) is 0. The molecule has 0 atom stereocenters. The molecule has 0 spiro atoms. The average molecular weight is 373 g/mol. The SMILES string of the molecule is CC#Cc1ccc(-c2ccc(N(C3=CC=CCC=C3)c3ccccc3)cc2)cc1. The molecule has 0 N–H and O–H groups in total. The van der Waals surface area contributed by atoms with Crippen LogP contribution in [0.4, 0.5) is 11.4 Å². The Balaban J connectivity index is 1.69. The number of nitrogens with zero attached hydrogens (tertiary/aromatic N) is 1. The van der Waals surface area contributed by atoms with Gasteiger partial charge in [0.05, 0.1) is 0 Å². The van der Waals surface area contributed by atoms with Gasteiger partial charge >= 0.3 is 0 Å². The fourth-order valence-electron chi connectivity index (χ4n) is 3.43. The zero-order chi connectivity index (χ0) is 19.9. The Hall–Kier alpha value is -3.76. The van der Waals surface area contributed by atoms with Crippen LogP contribution < -0.4 is 4.90 Å². The fourth-order valence-corrected chi connectivity index (χ4v) is 3.43. The van der Waals surface area contributed by atoms with Crippen molar-refractivity contribution < 1.29 is 0 Å². The molecule has 3 aromatic rings. The molecule has 0 unspecified atom stereocenters. The molecule has 0 amide bonds. The molecule has 1 nitrogen and oxygen atoms in total. The van der Waals surface area contributed by atoms with E-state index >= 15 is 0 Å². The second-order valence-corrected chi connectivity index (χ2v) is 6.83. The zero-order valence-corrected chi connectivity index (χ0v) is 16.5. The summed E-state index contributed by atoms with van der Waals surface area (Å²) in [5.74, 6) is 6.04. The monoisotopic (exact) mass is 373 g/mol. The molecule has 0 saturated heterocycles. The first-order valence-corrected chi connectivity index (χ1v) is 9.87. The van der Waals surface area contributed by atoms with Gasteiger partial charge in [0.2, 0.25) is 0 Å². The normalized spacial score (nSPS) is 12.5. The van der Waals surface area contributed by atoms with Gasteiger partial charge in [-0.15, -0.1) is 5.92 Å². The number of benzene rings is 3. The van der Waals surface area contributed by atoms with Gasteiger partial charge in [-0.1, -0.05) is 66.6 Å². The van der Waals surface area contributed by atoms with E-state index in [4.69, 9.17) is 0 Å². The van der Waals surface area contributed by atoms with Crippen LogP contribution in [-0.2, 0) is 0 Å². The largest absolute Gasteiger partial charge is 0.311 e. The predicted molar refractivity (Wildman–Crippen MR) is 124 cm³/mol. The number of anilines is 2. The number of para-hydroxylation sites is 1. The van der Waals surface area contributed by atoms with E-state index in [1.165, 1.54) is 11.1 Å². The molecule has 4 rings (SSSR count). The van der Waals surface area contributed by atoms with E-state index in [-0.39, 0.29) is 0 Å². The molecule has 140 valence electrons. The molecule has 0 aromatic heterocycles. The Labute approximate surface area is 173 Å². The zero-order valence-electron chi connectivity index (χ0n) is 16.5. The van der Waals surface area contributed by atoms with Gasteiger partial charge in [0.25, 0.3) is 0 Å². The molecule has 1 aliphatic rings. The standard InChI is InChI=1S/C28H23N/c1-2-10-23-15-17-24(18-16-23)25-19-21-28(22-20-25)29(27-13-8-5-9-14-27)26-11-6-3-4-7-12-26/h3,5-9,11-22H,4H2,1H3. The highest BCUT2D eigenvalue weighted by molar-refractivity contribution is 5.74. The van der Waals surface area contributed by atoms with E-state index in [2.05, 4.69) is 126 Å². The van der Waals surface area contributed by atoms with Crippen molar-refractivity contribution in [3.8, 4) is 23.0 Å². The van der Waals surface area contributed by atoms with Gasteiger partial charge in [0, 0.05) is 22.6 Å². The quantitative estimate of drug-likeness (QED) is 0.435. The molecule has 29 heavy (non-hydrogen) atoms. The van der Waals surface area contributed by atoms with Gasteiger partial charge in [-0.3, -0.25) is 0 Å². The Morgan fingerprint density at radius 1 is 0.724 bits per heavy atom. The minimum atomic E-state index is 0.958. The lowest BCUT2D eigenvalue weighted by Gasteiger charge is -2.26. The van der Waals surface area contributed by atoms with Gasteiger partial charge in [-0.2, -0.15) is 0 Å².